The molecule has 0 aliphatic heterocycles. The topological polar surface area (TPSA) is 30.2 Å². The zero-order chi connectivity index (χ0) is 9.35. The Morgan fingerprint density at radius 1 is 1.89 bits per heavy atom. The smallest absolute Gasteiger partial charge is 0.194 e. The highest BCUT2D eigenvalue weighted by Crippen LogP contribution is 2.13. The van der Waals surface area contributed by atoms with Crippen LogP contribution >= 0.6 is 15.9 Å². The number of Topliss-reactive ketones (excluding diaryl/α,β-unsaturated/α-hetero) is 1. The summed E-state index contributed by atoms with van der Waals surface area (Å²) in [6.07, 6.45) is 0. The average molecular weight is 192 g/mol. The molecule has 48 valence electrons. The quantitative estimate of drug-likeness (QED) is 0.638. The molecule has 0 bridgehead atoms. The summed E-state index contributed by atoms with van der Waals surface area (Å²) in [6, 6.07) is 2.79. The maximum atomic E-state index is 11.0. The van der Waals surface area contributed by atoms with E-state index in [1.807, 2.05) is 0 Å². The first kappa shape index (κ1) is 3.56. The molecule has 0 fully saturated rings. The van der Waals surface area contributed by atoms with Crippen LogP contribution < -0.4 is 0 Å². The molecule has 0 aliphatic carbocycles. The summed E-state index contributed by atoms with van der Waals surface area (Å²) in [5.74, 6) is -1.13. The number of rotatable bonds is 1. The molecule has 9 heavy (non-hydrogen) atoms. The van der Waals surface area contributed by atoms with Gasteiger partial charge in [-0.2, -0.15) is 0 Å². The van der Waals surface area contributed by atoms with Crippen molar-refractivity contribution in [2.24, 2.45) is 0 Å². The third-order valence-corrected chi connectivity index (χ3v) is 1.22. The molecule has 0 aliphatic rings. The van der Waals surface area contributed by atoms with E-state index in [1.165, 1.54) is 12.1 Å². The highest BCUT2D eigenvalue weighted by Gasteiger charge is 2.02. The molecule has 1 rings (SSSR count). The van der Waals surface area contributed by atoms with Crippen LogP contribution in [0.3, 0.4) is 0 Å². The van der Waals surface area contributed by atoms with Gasteiger partial charge in [0.05, 0.1) is 0 Å². The van der Waals surface area contributed by atoms with Gasteiger partial charge in [0.1, 0.15) is 0 Å². The minimum absolute atomic E-state index is 0.151. The van der Waals surface area contributed by atoms with Crippen molar-refractivity contribution >= 4 is 21.7 Å². The number of hydrogen-bond acceptors (Lipinski definition) is 2. The number of carbonyl (C=O) groups excluding carboxylic acids is 1. The highest BCUT2D eigenvalue weighted by molar-refractivity contribution is 9.10. The number of ketones is 1. The first-order valence-corrected chi connectivity index (χ1v) is 3.01. The molecule has 0 unspecified atom stereocenters. The average Bonchev–Trinajstić information content (AvgIpc) is 2.32. The Hall–Kier alpha value is -0.570. The SMILES string of the molecule is [2H]C([2H])([2H])C(=O)c1ccc(Br)o1. The van der Waals surface area contributed by atoms with E-state index in [0.717, 1.165) is 0 Å². The van der Waals surface area contributed by atoms with Gasteiger partial charge in [-0.1, -0.05) is 0 Å². The Balaban J connectivity index is 2.93. The third kappa shape index (κ3) is 1.42. The van der Waals surface area contributed by atoms with Crippen LogP contribution in [0.5, 0.6) is 0 Å². The zero-order valence-electron chi connectivity index (χ0n) is 7.35. The summed E-state index contributed by atoms with van der Waals surface area (Å²) in [7, 11) is 0. The summed E-state index contributed by atoms with van der Waals surface area (Å²) >= 11 is 2.96. The monoisotopic (exact) mass is 191 g/mol. The molecule has 0 spiro atoms. The predicted octanol–water partition coefficient (Wildman–Crippen LogP) is 2.24. The van der Waals surface area contributed by atoms with Crippen molar-refractivity contribution in [3.8, 4) is 0 Å². The fraction of sp³-hybridized carbons (Fsp3) is 0.167. The number of carbonyl (C=O) groups is 1. The van der Waals surface area contributed by atoms with Crippen molar-refractivity contribution in [3.05, 3.63) is 22.6 Å². The largest absolute Gasteiger partial charge is 0.446 e. The minimum atomic E-state index is -2.63. The summed E-state index contributed by atoms with van der Waals surface area (Å²) < 4.78 is 25.5. The molecule has 0 saturated heterocycles. The summed E-state index contributed by atoms with van der Waals surface area (Å²) in [5, 5.41) is 0. The number of halogens is 1. The Morgan fingerprint density at radius 3 is 3.11 bits per heavy atom. The molecule has 0 amide bonds. The second-order valence-corrected chi connectivity index (χ2v) is 2.21. The molecule has 1 aromatic heterocycles. The van der Waals surface area contributed by atoms with Crippen LogP contribution in [-0.4, -0.2) is 5.78 Å². The van der Waals surface area contributed by atoms with E-state index >= 15 is 0 Å². The van der Waals surface area contributed by atoms with E-state index in [4.69, 9.17) is 8.53 Å². The maximum absolute atomic E-state index is 11.0. The number of hydrogen-bond donors (Lipinski definition) is 0. The van der Waals surface area contributed by atoms with Crippen LogP contribution in [0.1, 0.15) is 21.5 Å². The van der Waals surface area contributed by atoms with Gasteiger partial charge in [-0.15, -0.1) is 0 Å². The second-order valence-electron chi connectivity index (χ2n) is 1.43. The highest BCUT2D eigenvalue weighted by atomic mass is 79.9. The van der Waals surface area contributed by atoms with Crippen molar-refractivity contribution in [1.82, 2.24) is 0 Å². The third-order valence-electron chi connectivity index (χ3n) is 0.797. The summed E-state index contributed by atoms with van der Waals surface area (Å²) in [4.78, 5) is 11.0. The Kier molecular flexibility index (Phi) is 0.931. The van der Waals surface area contributed by atoms with Crippen LogP contribution in [-0.2, 0) is 0 Å². The van der Waals surface area contributed by atoms with Gasteiger partial charge in [0, 0.05) is 11.0 Å². The second kappa shape index (κ2) is 2.35. The van der Waals surface area contributed by atoms with Crippen LogP contribution in [0.25, 0.3) is 0 Å². The fourth-order valence-electron chi connectivity index (χ4n) is 0.436. The van der Waals surface area contributed by atoms with E-state index in [-0.39, 0.29) is 5.76 Å². The molecule has 2 nitrogen and oxygen atoms in total. The van der Waals surface area contributed by atoms with Crippen LogP contribution in [0.4, 0.5) is 0 Å². The van der Waals surface area contributed by atoms with Crippen LogP contribution in [0.2, 0.25) is 0 Å². The summed E-state index contributed by atoms with van der Waals surface area (Å²) in [6.45, 7) is -2.63. The summed E-state index contributed by atoms with van der Waals surface area (Å²) in [5.41, 5.74) is 0. The molecule has 0 atom stereocenters. The lowest BCUT2D eigenvalue weighted by Crippen LogP contribution is -1.85. The zero-order valence-corrected chi connectivity index (χ0v) is 5.94. The van der Waals surface area contributed by atoms with E-state index in [1.54, 1.807) is 0 Å². The lowest BCUT2D eigenvalue weighted by Gasteiger charge is -1.82. The van der Waals surface area contributed by atoms with E-state index in [2.05, 4.69) is 15.9 Å². The number of furan rings is 1. The molecule has 3 heteroatoms. The van der Waals surface area contributed by atoms with Gasteiger partial charge in [0.25, 0.3) is 0 Å². The first-order valence-electron chi connectivity index (χ1n) is 3.71. The lowest BCUT2D eigenvalue weighted by molar-refractivity contribution is 0.0986. The molecule has 0 N–H and O–H groups in total. The van der Waals surface area contributed by atoms with Crippen molar-refractivity contribution in [2.75, 3.05) is 0 Å². The van der Waals surface area contributed by atoms with Crippen molar-refractivity contribution in [1.29, 1.82) is 0 Å². The van der Waals surface area contributed by atoms with Gasteiger partial charge in [-0.3, -0.25) is 4.79 Å². The minimum Gasteiger partial charge on any atom is -0.446 e. The molecule has 1 heterocycles. The van der Waals surface area contributed by atoms with E-state index in [0.29, 0.717) is 4.67 Å². The van der Waals surface area contributed by atoms with Gasteiger partial charge in [0.2, 0.25) is 0 Å². The first-order chi connectivity index (χ1) is 5.41. The lowest BCUT2D eigenvalue weighted by atomic mass is 10.3. The van der Waals surface area contributed by atoms with E-state index < -0.39 is 12.6 Å². The van der Waals surface area contributed by atoms with Gasteiger partial charge < -0.3 is 4.42 Å². The van der Waals surface area contributed by atoms with Crippen LogP contribution in [0, 0.1) is 0 Å². The molecular formula is C6H5BrO2. The Labute approximate surface area is 65.2 Å². The normalized spacial score (nSPS) is 15.9. The van der Waals surface area contributed by atoms with Crippen molar-refractivity contribution < 1.29 is 13.3 Å². The van der Waals surface area contributed by atoms with E-state index in [9.17, 15) is 4.79 Å². The van der Waals surface area contributed by atoms with Crippen LogP contribution in [0.15, 0.2) is 21.2 Å². The van der Waals surface area contributed by atoms with Crippen molar-refractivity contribution in [3.63, 3.8) is 0 Å². The molecule has 0 radical (unpaired) electrons. The maximum Gasteiger partial charge on any atom is 0.194 e. The molecular weight excluding hydrogens is 184 g/mol. The molecule has 1 aromatic rings. The fourth-order valence-corrected chi connectivity index (χ4v) is 0.743. The van der Waals surface area contributed by atoms with Gasteiger partial charge in [0.15, 0.2) is 16.2 Å². The Bertz CT molecular complexity index is 302. The molecule has 0 aromatic carbocycles. The Morgan fingerprint density at radius 2 is 2.67 bits per heavy atom. The standard InChI is InChI=1S/C6H5BrO2/c1-4(8)5-2-3-6(7)9-5/h2-3H,1H3/i1D3. The van der Waals surface area contributed by atoms with Gasteiger partial charge in [-0.05, 0) is 28.1 Å². The molecule has 0 saturated carbocycles. The van der Waals surface area contributed by atoms with Gasteiger partial charge >= 0.3 is 0 Å². The predicted molar refractivity (Wildman–Crippen MR) is 36.4 cm³/mol. The van der Waals surface area contributed by atoms with Crippen molar-refractivity contribution in [2.45, 2.75) is 6.85 Å². The van der Waals surface area contributed by atoms with Gasteiger partial charge in [-0.25, -0.2) is 0 Å².